The molecule has 5 nitrogen and oxygen atoms in total. The van der Waals surface area contributed by atoms with E-state index in [9.17, 15) is 0 Å². The summed E-state index contributed by atoms with van der Waals surface area (Å²) in [7, 11) is 1.70. The fourth-order valence-corrected chi connectivity index (χ4v) is 1.20. The summed E-state index contributed by atoms with van der Waals surface area (Å²) in [5, 5.41) is 11.4. The molecule has 1 rings (SSSR count). The highest BCUT2D eigenvalue weighted by atomic mass is 16.5. The van der Waals surface area contributed by atoms with Gasteiger partial charge in [-0.05, 0) is 13.3 Å². The van der Waals surface area contributed by atoms with E-state index in [0.717, 1.165) is 25.3 Å². The van der Waals surface area contributed by atoms with Crippen LogP contribution >= 0.6 is 0 Å². The van der Waals surface area contributed by atoms with E-state index in [1.165, 1.54) is 0 Å². The third kappa shape index (κ3) is 3.97. The molecule has 86 valence electrons. The number of methoxy groups -OCH3 is 1. The van der Waals surface area contributed by atoms with Crippen LogP contribution in [-0.2, 0) is 17.8 Å². The third-order valence-corrected chi connectivity index (χ3v) is 2.45. The zero-order valence-corrected chi connectivity index (χ0v) is 9.73. The molecule has 5 heteroatoms. The highest BCUT2D eigenvalue weighted by Gasteiger charge is 2.05. The molecule has 0 aliphatic heterocycles. The Morgan fingerprint density at radius 3 is 3.07 bits per heavy atom. The van der Waals surface area contributed by atoms with Gasteiger partial charge in [0.15, 0.2) is 0 Å². The number of ether oxygens (including phenoxy) is 1. The molecule has 15 heavy (non-hydrogen) atoms. The Morgan fingerprint density at radius 2 is 2.40 bits per heavy atom. The van der Waals surface area contributed by atoms with Crippen LogP contribution in [-0.4, -0.2) is 34.5 Å². The van der Waals surface area contributed by atoms with Crippen LogP contribution in [0.5, 0.6) is 0 Å². The average Bonchev–Trinajstić information content (AvgIpc) is 2.70. The van der Waals surface area contributed by atoms with Gasteiger partial charge in [0.25, 0.3) is 0 Å². The van der Waals surface area contributed by atoms with E-state index >= 15 is 0 Å². The minimum atomic E-state index is 0.512. The minimum absolute atomic E-state index is 0.512. The lowest BCUT2D eigenvalue weighted by molar-refractivity contribution is 0.186. The van der Waals surface area contributed by atoms with Crippen molar-refractivity contribution in [3.8, 4) is 0 Å². The topological polar surface area (TPSA) is 52.0 Å². The van der Waals surface area contributed by atoms with Crippen LogP contribution in [0.2, 0.25) is 0 Å². The number of hydrogen-bond donors (Lipinski definition) is 1. The first-order valence-corrected chi connectivity index (χ1v) is 5.37. The van der Waals surface area contributed by atoms with Crippen LogP contribution < -0.4 is 5.32 Å². The summed E-state index contributed by atoms with van der Waals surface area (Å²) < 4.78 is 7.03. The third-order valence-electron chi connectivity index (χ3n) is 2.45. The van der Waals surface area contributed by atoms with Crippen molar-refractivity contribution in [2.45, 2.75) is 39.4 Å². The smallest absolute Gasteiger partial charge is 0.146 e. The first-order chi connectivity index (χ1) is 7.27. The van der Waals surface area contributed by atoms with Crippen molar-refractivity contribution < 1.29 is 4.74 Å². The Morgan fingerprint density at radius 1 is 1.60 bits per heavy atom. The molecular formula is C10H20N4O. The number of hydrogen-bond acceptors (Lipinski definition) is 4. The Hall–Kier alpha value is -0.940. The second kappa shape index (κ2) is 6.53. The summed E-state index contributed by atoms with van der Waals surface area (Å²) in [5.74, 6) is 0.965. The van der Waals surface area contributed by atoms with Gasteiger partial charge in [-0.1, -0.05) is 6.92 Å². The fraction of sp³-hybridized carbons (Fsp3) is 0.800. The summed E-state index contributed by atoms with van der Waals surface area (Å²) in [6.07, 6.45) is 2.86. The molecule has 0 saturated heterocycles. The molecule has 0 saturated carbocycles. The lowest BCUT2D eigenvalue weighted by Gasteiger charge is -2.11. The summed E-state index contributed by atoms with van der Waals surface area (Å²) in [5.41, 5.74) is 0. The highest BCUT2D eigenvalue weighted by Crippen LogP contribution is 1.97. The van der Waals surface area contributed by atoms with Crippen LogP contribution in [0, 0.1) is 0 Å². The van der Waals surface area contributed by atoms with Crippen molar-refractivity contribution in [1.82, 2.24) is 20.1 Å². The SMILES string of the molecule is CCC(C)NCc1nncn1CCOC. The summed E-state index contributed by atoms with van der Waals surface area (Å²) in [6, 6.07) is 0.512. The van der Waals surface area contributed by atoms with Crippen LogP contribution in [0.15, 0.2) is 6.33 Å². The lowest BCUT2D eigenvalue weighted by atomic mass is 10.2. The molecule has 1 heterocycles. The van der Waals surface area contributed by atoms with Crippen LogP contribution in [0.3, 0.4) is 0 Å². The van der Waals surface area contributed by atoms with E-state index in [1.54, 1.807) is 13.4 Å². The standard InChI is InChI=1S/C10H20N4O/c1-4-9(2)11-7-10-13-12-8-14(10)5-6-15-3/h8-9,11H,4-7H2,1-3H3. The molecule has 0 aliphatic carbocycles. The molecule has 0 spiro atoms. The van der Waals surface area contributed by atoms with Gasteiger partial charge in [-0.2, -0.15) is 0 Å². The van der Waals surface area contributed by atoms with Crippen molar-refractivity contribution in [2.24, 2.45) is 0 Å². The van der Waals surface area contributed by atoms with Gasteiger partial charge in [0.2, 0.25) is 0 Å². The number of aromatic nitrogens is 3. The predicted molar refractivity (Wildman–Crippen MR) is 58.5 cm³/mol. The molecular weight excluding hydrogens is 192 g/mol. The molecule has 0 amide bonds. The Bertz CT molecular complexity index is 274. The van der Waals surface area contributed by atoms with Crippen molar-refractivity contribution in [2.75, 3.05) is 13.7 Å². The van der Waals surface area contributed by atoms with E-state index in [2.05, 4.69) is 29.4 Å². The summed E-state index contributed by atoms with van der Waals surface area (Å²) >= 11 is 0. The van der Waals surface area contributed by atoms with Crippen molar-refractivity contribution in [1.29, 1.82) is 0 Å². The monoisotopic (exact) mass is 212 g/mol. The quantitative estimate of drug-likeness (QED) is 0.727. The van der Waals surface area contributed by atoms with Gasteiger partial charge in [0, 0.05) is 19.7 Å². The number of nitrogens with one attached hydrogen (secondary N) is 1. The van der Waals surface area contributed by atoms with Gasteiger partial charge in [0.1, 0.15) is 12.2 Å². The number of rotatable bonds is 7. The van der Waals surface area contributed by atoms with E-state index in [-0.39, 0.29) is 0 Å². The van der Waals surface area contributed by atoms with E-state index in [0.29, 0.717) is 12.6 Å². The second-order valence-corrected chi connectivity index (χ2v) is 3.62. The Kier molecular flexibility index (Phi) is 5.28. The van der Waals surface area contributed by atoms with Gasteiger partial charge in [-0.3, -0.25) is 0 Å². The first-order valence-electron chi connectivity index (χ1n) is 5.37. The Balaban J connectivity index is 2.42. The average molecular weight is 212 g/mol. The number of nitrogens with zero attached hydrogens (tertiary/aromatic N) is 3. The summed E-state index contributed by atoms with van der Waals surface area (Å²) in [4.78, 5) is 0. The predicted octanol–water partition coefficient (Wildman–Crippen LogP) is 0.813. The van der Waals surface area contributed by atoms with Crippen LogP contribution in [0.1, 0.15) is 26.1 Å². The van der Waals surface area contributed by atoms with Gasteiger partial charge in [-0.15, -0.1) is 10.2 Å². The fourth-order valence-electron chi connectivity index (χ4n) is 1.20. The van der Waals surface area contributed by atoms with Crippen LogP contribution in [0.4, 0.5) is 0 Å². The lowest BCUT2D eigenvalue weighted by Crippen LogP contribution is -2.26. The minimum Gasteiger partial charge on any atom is -0.383 e. The maximum Gasteiger partial charge on any atom is 0.146 e. The molecule has 1 aromatic rings. The van der Waals surface area contributed by atoms with Crippen molar-refractivity contribution in [3.63, 3.8) is 0 Å². The maximum absolute atomic E-state index is 5.02. The van der Waals surface area contributed by atoms with Crippen molar-refractivity contribution >= 4 is 0 Å². The maximum atomic E-state index is 5.02. The second-order valence-electron chi connectivity index (χ2n) is 3.62. The van der Waals surface area contributed by atoms with E-state index < -0.39 is 0 Å². The van der Waals surface area contributed by atoms with Gasteiger partial charge >= 0.3 is 0 Å². The summed E-state index contributed by atoms with van der Waals surface area (Å²) in [6.45, 7) is 6.58. The normalized spacial score (nSPS) is 13.0. The molecule has 1 atom stereocenters. The molecule has 0 radical (unpaired) electrons. The first kappa shape index (κ1) is 12.1. The zero-order chi connectivity index (χ0) is 11.1. The molecule has 0 fully saturated rings. The van der Waals surface area contributed by atoms with E-state index in [1.807, 2.05) is 4.57 Å². The van der Waals surface area contributed by atoms with Gasteiger partial charge in [0.05, 0.1) is 13.2 Å². The van der Waals surface area contributed by atoms with Crippen molar-refractivity contribution in [3.05, 3.63) is 12.2 Å². The van der Waals surface area contributed by atoms with E-state index in [4.69, 9.17) is 4.74 Å². The largest absolute Gasteiger partial charge is 0.383 e. The molecule has 0 aliphatic rings. The van der Waals surface area contributed by atoms with Gasteiger partial charge < -0.3 is 14.6 Å². The molecule has 1 unspecified atom stereocenters. The molecule has 0 aromatic carbocycles. The molecule has 0 bridgehead atoms. The zero-order valence-electron chi connectivity index (χ0n) is 9.73. The molecule has 1 aromatic heterocycles. The Labute approximate surface area is 90.8 Å². The van der Waals surface area contributed by atoms with Gasteiger partial charge in [-0.25, -0.2) is 0 Å². The van der Waals surface area contributed by atoms with Crippen LogP contribution in [0.25, 0.3) is 0 Å². The highest BCUT2D eigenvalue weighted by molar-refractivity contribution is 4.85. The molecule has 1 N–H and O–H groups in total.